The number of nitrogens with one attached hydrogen (secondary N) is 2. The van der Waals surface area contributed by atoms with Crippen LogP contribution in [0.15, 0.2) is 18.3 Å². The second-order valence-corrected chi connectivity index (χ2v) is 8.62. The Bertz CT molecular complexity index is 802. The molecular formula is C20H26ClN5O3. The molecule has 3 amide bonds. The molecule has 156 valence electrons. The van der Waals surface area contributed by atoms with Crippen molar-refractivity contribution in [3.8, 4) is 0 Å². The Hall–Kier alpha value is -2.19. The number of nitrogens with zero attached hydrogens (tertiary/aromatic N) is 3. The summed E-state index contributed by atoms with van der Waals surface area (Å²) < 4.78 is 0. The van der Waals surface area contributed by atoms with Crippen LogP contribution < -0.4 is 10.6 Å². The normalized spacial score (nSPS) is 29.2. The average molecular weight is 420 g/mol. The van der Waals surface area contributed by atoms with E-state index in [1.807, 2.05) is 4.90 Å². The minimum absolute atomic E-state index is 0.0356. The van der Waals surface area contributed by atoms with Crippen LogP contribution in [0.25, 0.3) is 0 Å². The van der Waals surface area contributed by atoms with Gasteiger partial charge >= 0.3 is 0 Å². The van der Waals surface area contributed by atoms with Crippen LogP contribution in [0.3, 0.4) is 0 Å². The van der Waals surface area contributed by atoms with E-state index < -0.39 is 6.04 Å². The summed E-state index contributed by atoms with van der Waals surface area (Å²) in [6, 6.07) is 2.98. The van der Waals surface area contributed by atoms with Gasteiger partial charge in [-0.3, -0.25) is 19.3 Å². The number of hydrogen-bond acceptors (Lipinski definition) is 5. The average Bonchev–Trinajstić information content (AvgIpc) is 2.70. The molecule has 3 fully saturated rings. The molecule has 4 atom stereocenters. The van der Waals surface area contributed by atoms with Crippen molar-refractivity contribution >= 4 is 35.1 Å². The van der Waals surface area contributed by atoms with E-state index in [9.17, 15) is 14.4 Å². The number of piperidine rings is 3. The van der Waals surface area contributed by atoms with Crippen LogP contribution >= 0.6 is 11.6 Å². The standard InChI is InChI=1S/C20H26ClN5O3/c1-22-20(29)19-13-7-12(15-3-2-4-18(28)26(15)19)9-25(10-13)11-17(27)24-16-6-5-14(21)8-23-16/h5-6,8,12-13,15,19H,2-4,7,9-11H2,1H3,(H,22,29)(H,23,24,27)/t12-,13+,15+,19-/m1/s1. The fourth-order valence-electron chi connectivity index (χ4n) is 5.20. The van der Waals surface area contributed by atoms with Crippen molar-refractivity contribution in [2.75, 3.05) is 32.0 Å². The molecule has 4 heterocycles. The lowest BCUT2D eigenvalue weighted by Crippen LogP contribution is -2.68. The van der Waals surface area contributed by atoms with Crippen LogP contribution in [0.1, 0.15) is 25.7 Å². The van der Waals surface area contributed by atoms with Crippen LogP contribution in [-0.2, 0) is 14.4 Å². The number of likely N-dealkylation sites (tertiary alicyclic amines) is 1. The Morgan fingerprint density at radius 2 is 2.07 bits per heavy atom. The molecule has 3 aliphatic rings. The summed E-state index contributed by atoms with van der Waals surface area (Å²) in [5.41, 5.74) is 0. The number of rotatable bonds is 4. The first-order valence-electron chi connectivity index (χ1n) is 10.1. The van der Waals surface area contributed by atoms with Gasteiger partial charge in [-0.25, -0.2) is 4.98 Å². The molecule has 1 aromatic rings. The molecule has 0 unspecified atom stereocenters. The zero-order chi connectivity index (χ0) is 20.5. The number of hydrogen-bond donors (Lipinski definition) is 2. The first-order valence-corrected chi connectivity index (χ1v) is 10.5. The molecule has 29 heavy (non-hydrogen) atoms. The zero-order valence-corrected chi connectivity index (χ0v) is 17.2. The number of aromatic nitrogens is 1. The van der Waals surface area contributed by atoms with Gasteiger partial charge in [0.25, 0.3) is 0 Å². The zero-order valence-electron chi connectivity index (χ0n) is 16.4. The van der Waals surface area contributed by atoms with Gasteiger partial charge in [0, 0.05) is 44.7 Å². The summed E-state index contributed by atoms with van der Waals surface area (Å²) in [6.45, 7) is 1.61. The third-order valence-corrected chi connectivity index (χ3v) is 6.52. The van der Waals surface area contributed by atoms with E-state index in [0.717, 1.165) is 25.8 Å². The number of anilines is 1. The highest BCUT2D eigenvalue weighted by Gasteiger charge is 2.51. The lowest BCUT2D eigenvalue weighted by molar-refractivity contribution is -0.160. The molecular weight excluding hydrogens is 394 g/mol. The van der Waals surface area contributed by atoms with Crippen LogP contribution in [0.4, 0.5) is 5.82 Å². The Morgan fingerprint density at radius 1 is 1.28 bits per heavy atom. The van der Waals surface area contributed by atoms with Crippen molar-refractivity contribution in [2.45, 2.75) is 37.8 Å². The summed E-state index contributed by atoms with van der Waals surface area (Å²) >= 11 is 5.83. The Morgan fingerprint density at radius 3 is 2.79 bits per heavy atom. The quantitative estimate of drug-likeness (QED) is 0.762. The fourth-order valence-corrected chi connectivity index (χ4v) is 5.31. The van der Waals surface area contributed by atoms with Crippen molar-refractivity contribution in [1.82, 2.24) is 20.1 Å². The van der Waals surface area contributed by atoms with Gasteiger partial charge in [-0.05, 0) is 37.3 Å². The van der Waals surface area contributed by atoms with Crippen molar-refractivity contribution in [1.29, 1.82) is 0 Å². The maximum Gasteiger partial charge on any atom is 0.242 e. The third kappa shape index (κ3) is 4.09. The lowest BCUT2D eigenvalue weighted by Gasteiger charge is -2.55. The second kappa shape index (κ2) is 8.28. The number of carbonyl (C=O) groups excluding carboxylic acids is 3. The van der Waals surface area contributed by atoms with Crippen LogP contribution in [0.5, 0.6) is 0 Å². The maximum absolute atomic E-state index is 12.6. The molecule has 2 bridgehead atoms. The monoisotopic (exact) mass is 419 g/mol. The van der Waals surface area contributed by atoms with Gasteiger partial charge in [0.1, 0.15) is 11.9 Å². The topological polar surface area (TPSA) is 94.6 Å². The highest BCUT2D eigenvalue weighted by atomic mass is 35.5. The Labute approximate surface area is 175 Å². The van der Waals surface area contributed by atoms with E-state index in [-0.39, 0.29) is 36.2 Å². The minimum Gasteiger partial charge on any atom is -0.357 e. The van der Waals surface area contributed by atoms with Crippen molar-refractivity contribution in [3.05, 3.63) is 23.4 Å². The number of carbonyl (C=O) groups is 3. The van der Waals surface area contributed by atoms with Crippen LogP contribution in [0.2, 0.25) is 5.02 Å². The number of pyridine rings is 1. The van der Waals surface area contributed by atoms with Gasteiger partial charge in [-0.15, -0.1) is 0 Å². The molecule has 4 rings (SSSR count). The van der Waals surface area contributed by atoms with Crippen LogP contribution in [0, 0.1) is 11.8 Å². The molecule has 8 nitrogen and oxygen atoms in total. The van der Waals surface area contributed by atoms with E-state index in [1.165, 1.54) is 6.20 Å². The fraction of sp³-hybridized carbons (Fsp3) is 0.600. The van der Waals surface area contributed by atoms with E-state index >= 15 is 0 Å². The van der Waals surface area contributed by atoms with Gasteiger partial charge in [-0.1, -0.05) is 11.6 Å². The lowest BCUT2D eigenvalue weighted by atomic mass is 9.71. The number of halogens is 1. The highest BCUT2D eigenvalue weighted by Crippen LogP contribution is 2.41. The van der Waals surface area contributed by atoms with Crippen molar-refractivity contribution < 1.29 is 14.4 Å². The Kier molecular flexibility index (Phi) is 5.74. The molecule has 0 aromatic carbocycles. The Balaban J connectivity index is 1.47. The third-order valence-electron chi connectivity index (χ3n) is 6.29. The molecule has 0 spiro atoms. The summed E-state index contributed by atoms with van der Waals surface area (Å²) in [4.78, 5) is 45.9. The molecule has 0 aliphatic carbocycles. The SMILES string of the molecule is CNC(=O)[C@H]1[C@H]2C[C@H](CN(CC(=O)Nc3ccc(Cl)cn3)C2)[C@@H]2CCCC(=O)N21. The predicted molar refractivity (Wildman–Crippen MR) is 108 cm³/mol. The molecule has 3 saturated heterocycles. The smallest absolute Gasteiger partial charge is 0.242 e. The first-order chi connectivity index (χ1) is 14.0. The molecule has 3 aliphatic heterocycles. The maximum atomic E-state index is 12.6. The second-order valence-electron chi connectivity index (χ2n) is 8.18. The largest absolute Gasteiger partial charge is 0.357 e. The summed E-state index contributed by atoms with van der Waals surface area (Å²) in [6.07, 6.45) is 4.72. The summed E-state index contributed by atoms with van der Waals surface area (Å²) in [7, 11) is 1.62. The molecule has 1 aromatic heterocycles. The van der Waals surface area contributed by atoms with Gasteiger partial charge in [0.05, 0.1) is 11.6 Å². The van der Waals surface area contributed by atoms with Crippen molar-refractivity contribution in [3.63, 3.8) is 0 Å². The van der Waals surface area contributed by atoms with Gasteiger partial charge in [-0.2, -0.15) is 0 Å². The van der Waals surface area contributed by atoms with Gasteiger partial charge in [0.2, 0.25) is 17.7 Å². The van der Waals surface area contributed by atoms with Crippen LogP contribution in [-0.4, -0.2) is 71.3 Å². The van der Waals surface area contributed by atoms with Gasteiger partial charge in [0.15, 0.2) is 0 Å². The number of fused-ring (bicyclic) bond motifs is 4. The summed E-state index contributed by atoms with van der Waals surface area (Å²) in [5, 5.41) is 6.04. The van der Waals surface area contributed by atoms with Crippen molar-refractivity contribution in [2.24, 2.45) is 11.8 Å². The minimum atomic E-state index is -0.446. The number of amides is 3. The molecule has 9 heteroatoms. The van der Waals surface area contributed by atoms with E-state index in [0.29, 0.717) is 29.7 Å². The molecule has 2 N–H and O–H groups in total. The molecule has 0 radical (unpaired) electrons. The van der Waals surface area contributed by atoms with E-state index in [2.05, 4.69) is 20.5 Å². The van der Waals surface area contributed by atoms with E-state index in [4.69, 9.17) is 11.6 Å². The van der Waals surface area contributed by atoms with Gasteiger partial charge < -0.3 is 15.5 Å². The number of likely N-dealkylation sites (N-methyl/N-ethyl adjacent to an activating group) is 1. The highest BCUT2D eigenvalue weighted by molar-refractivity contribution is 6.30. The molecule has 0 saturated carbocycles. The summed E-state index contributed by atoms with van der Waals surface area (Å²) in [5.74, 6) is 0.625. The first kappa shape index (κ1) is 20.1. The van der Waals surface area contributed by atoms with E-state index in [1.54, 1.807) is 19.2 Å². The predicted octanol–water partition coefficient (Wildman–Crippen LogP) is 1.12.